The maximum atomic E-state index is 10.2. The summed E-state index contributed by atoms with van der Waals surface area (Å²) in [4.78, 5) is 10.2. The highest BCUT2D eigenvalue weighted by Crippen LogP contribution is 2.29. The zero-order valence-corrected chi connectivity index (χ0v) is 8.01. The van der Waals surface area contributed by atoms with Gasteiger partial charge in [-0.15, -0.1) is 0 Å². The monoisotopic (exact) mass is 204 g/mol. The van der Waals surface area contributed by atoms with Crippen LogP contribution in [-0.2, 0) is 4.79 Å². The van der Waals surface area contributed by atoms with E-state index >= 15 is 0 Å². The summed E-state index contributed by atoms with van der Waals surface area (Å²) in [5.41, 5.74) is 0.722. The largest absolute Gasteiger partial charge is 0.317 e. The normalized spacial score (nSPS) is 10.1. The van der Waals surface area contributed by atoms with E-state index in [-0.39, 0.29) is 0 Å². The van der Waals surface area contributed by atoms with Crippen molar-refractivity contribution in [2.24, 2.45) is 0 Å². The van der Waals surface area contributed by atoms with E-state index in [1.54, 1.807) is 18.5 Å². The van der Waals surface area contributed by atoms with E-state index in [4.69, 9.17) is 11.6 Å². The molecule has 14 heavy (non-hydrogen) atoms. The number of nitrogens with one attached hydrogen (secondary N) is 1. The smallest absolute Gasteiger partial charge is 0.314 e. The molecule has 0 saturated carbocycles. The van der Waals surface area contributed by atoms with Gasteiger partial charge >= 0.3 is 6.41 Å². The third-order valence-electron chi connectivity index (χ3n) is 2.06. The summed E-state index contributed by atoms with van der Waals surface area (Å²) >= 11 is 6.00. The average molecular weight is 205 g/mol. The molecule has 2 nitrogen and oxygen atoms in total. The zero-order chi connectivity index (χ0) is 9.97. The van der Waals surface area contributed by atoms with Crippen LogP contribution in [0, 0.1) is 0 Å². The van der Waals surface area contributed by atoms with Crippen molar-refractivity contribution in [2.75, 3.05) is 5.32 Å². The Morgan fingerprint density at radius 2 is 1.79 bits per heavy atom. The molecule has 0 spiro atoms. The molecule has 0 aliphatic rings. The topological polar surface area (TPSA) is 29.1 Å². The number of rotatable bonds is 2. The van der Waals surface area contributed by atoms with E-state index in [9.17, 15) is 4.79 Å². The molecule has 0 atom stereocenters. The van der Waals surface area contributed by atoms with Crippen molar-refractivity contribution in [1.82, 2.24) is 0 Å². The maximum Gasteiger partial charge on any atom is 0.314 e. The maximum absolute atomic E-state index is 10.2. The molecule has 0 unspecified atom stereocenters. The number of carbonyl (C=O) groups excluding carboxylic acids is 1. The molecule has 2 rings (SSSR count). The van der Waals surface area contributed by atoms with Gasteiger partial charge in [-0.3, -0.25) is 4.79 Å². The number of amides is 1. The predicted octanol–water partition coefficient (Wildman–Crippen LogP) is 2.97. The second-order valence-corrected chi connectivity index (χ2v) is 3.27. The molecule has 0 aliphatic heterocycles. The van der Waals surface area contributed by atoms with E-state index in [2.05, 4.69) is 5.32 Å². The Labute approximate surface area is 86.5 Å². The minimum Gasteiger partial charge on any atom is -0.317 e. The van der Waals surface area contributed by atoms with Crippen molar-refractivity contribution in [1.29, 1.82) is 0 Å². The highest BCUT2D eigenvalue weighted by molar-refractivity contribution is 6.36. The Hall–Kier alpha value is -1.54. The Balaban J connectivity index is 2.74. The highest BCUT2D eigenvalue weighted by atomic mass is 35.5. The van der Waals surface area contributed by atoms with Gasteiger partial charge in [0.05, 0.1) is 0 Å². The van der Waals surface area contributed by atoms with E-state index in [0.717, 1.165) is 16.5 Å². The molecule has 3 heteroatoms. The van der Waals surface area contributed by atoms with Gasteiger partial charge in [0.15, 0.2) is 0 Å². The summed E-state index contributed by atoms with van der Waals surface area (Å²) < 4.78 is 0. The molecule has 0 bridgehead atoms. The van der Waals surface area contributed by atoms with Crippen LogP contribution in [0.4, 0.5) is 5.69 Å². The van der Waals surface area contributed by atoms with E-state index in [0.29, 0.717) is 5.02 Å². The van der Waals surface area contributed by atoms with E-state index in [1.807, 2.05) is 24.3 Å². The van der Waals surface area contributed by atoms with Crippen molar-refractivity contribution >= 4 is 34.5 Å². The van der Waals surface area contributed by atoms with Crippen molar-refractivity contribution in [2.45, 2.75) is 0 Å². The van der Waals surface area contributed by atoms with Gasteiger partial charge in [-0.25, -0.2) is 0 Å². The van der Waals surface area contributed by atoms with Crippen molar-refractivity contribution in [3.05, 3.63) is 41.4 Å². The van der Waals surface area contributed by atoms with Gasteiger partial charge < -0.3 is 5.32 Å². The Morgan fingerprint density at radius 1 is 1.07 bits per heavy atom. The molecule has 2 aromatic carbocycles. The lowest BCUT2D eigenvalue weighted by molar-refractivity contribution is 0.561. The predicted molar refractivity (Wildman–Crippen MR) is 58.3 cm³/mol. The Bertz CT molecular complexity index is 482. The van der Waals surface area contributed by atoms with Crippen LogP contribution in [0.25, 0.3) is 10.8 Å². The van der Waals surface area contributed by atoms with Crippen LogP contribution in [-0.4, -0.2) is 6.41 Å². The fourth-order valence-electron chi connectivity index (χ4n) is 1.43. The molecule has 0 saturated heterocycles. The van der Waals surface area contributed by atoms with Crippen LogP contribution in [0.1, 0.15) is 0 Å². The number of hydrogen-bond donors (Lipinski definition) is 1. The summed E-state index contributed by atoms with van der Waals surface area (Å²) in [5.74, 6) is 0. The molecular formula is C11H7ClNO. The van der Waals surface area contributed by atoms with Gasteiger partial charge in [0.2, 0.25) is 0 Å². The first-order valence-corrected chi connectivity index (χ1v) is 4.51. The van der Waals surface area contributed by atoms with Crippen molar-refractivity contribution < 1.29 is 4.79 Å². The van der Waals surface area contributed by atoms with Crippen LogP contribution in [0.2, 0.25) is 5.02 Å². The second kappa shape index (κ2) is 3.68. The van der Waals surface area contributed by atoms with Gasteiger partial charge in [-0.1, -0.05) is 35.9 Å². The molecule has 2 aromatic rings. The molecular weight excluding hydrogens is 198 g/mol. The van der Waals surface area contributed by atoms with Crippen LogP contribution < -0.4 is 5.32 Å². The van der Waals surface area contributed by atoms with Gasteiger partial charge in [0, 0.05) is 21.5 Å². The minimum absolute atomic E-state index is 0.678. The van der Waals surface area contributed by atoms with Gasteiger partial charge in [-0.05, 0) is 12.1 Å². The first-order valence-electron chi connectivity index (χ1n) is 4.13. The first-order chi connectivity index (χ1) is 6.83. The fourth-order valence-corrected chi connectivity index (χ4v) is 1.65. The van der Waals surface area contributed by atoms with E-state index < -0.39 is 0 Å². The minimum atomic E-state index is 0.678. The number of fused-ring (bicyclic) bond motifs is 1. The summed E-state index contributed by atoms with van der Waals surface area (Å²) in [6.45, 7) is 0. The molecule has 0 fully saturated rings. The number of halogens is 1. The molecule has 69 valence electrons. The molecule has 0 aliphatic carbocycles. The van der Waals surface area contributed by atoms with Crippen molar-refractivity contribution in [3.8, 4) is 0 Å². The van der Waals surface area contributed by atoms with Crippen molar-refractivity contribution in [3.63, 3.8) is 0 Å². The average Bonchev–Trinajstić information content (AvgIpc) is 2.23. The third kappa shape index (κ3) is 1.44. The zero-order valence-electron chi connectivity index (χ0n) is 7.25. The Morgan fingerprint density at radius 3 is 2.50 bits per heavy atom. The van der Waals surface area contributed by atoms with Crippen LogP contribution in [0.5, 0.6) is 0 Å². The van der Waals surface area contributed by atoms with Crippen LogP contribution in [0.15, 0.2) is 36.4 Å². The molecule has 1 N–H and O–H groups in total. The second-order valence-electron chi connectivity index (χ2n) is 2.87. The lowest BCUT2D eigenvalue weighted by Gasteiger charge is -2.05. The van der Waals surface area contributed by atoms with Gasteiger partial charge in [0.25, 0.3) is 0 Å². The summed E-state index contributed by atoms with van der Waals surface area (Å²) in [6, 6.07) is 11.1. The number of hydrogen-bond acceptors (Lipinski definition) is 1. The van der Waals surface area contributed by atoms with Crippen LogP contribution >= 0.6 is 11.6 Å². The standard InChI is InChI=1S/C11H7ClNO/c12-10-5-6-11(13-7-14)9-4-2-1-3-8(9)10/h1-6H,(H,13,14). The molecule has 0 heterocycles. The summed E-state index contributed by atoms with van der Waals surface area (Å²) in [7, 11) is 0. The molecule has 1 radical (unpaired) electrons. The lowest BCUT2D eigenvalue weighted by Crippen LogP contribution is -1.94. The fraction of sp³-hybridized carbons (Fsp3) is 0. The summed E-state index contributed by atoms with van der Waals surface area (Å²) in [5, 5.41) is 5.04. The highest BCUT2D eigenvalue weighted by Gasteiger charge is 2.02. The van der Waals surface area contributed by atoms with E-state index in [1.165, 1.54) is 0 Å². The third-order valence-corrected chi connectivity index (χ3v) is 2.39. The van der Waals surface area contributed by atoms with Gasteiger partial charge in [-0.2, -0.15) is 0 Å². The molecule has 1 amide bonds. The summed E-state index contributed by atoms with van der Waals surface area (Å²) in [6.07, 6.45) is 1.65. The van der Waals surface area contributed by atoms with Gasteiger partial charge in [0.1, 0.15) is 0 Å². The number of anilines is 1. The first kappa shape index (κ1) is 9.03. The quantitative estimate of drug-likeness (QED) is 0.749. The van der Waals surface area contributed by atoms with Crippen LogP contribution in [0.3, 0.4) is 0 Å². The Kier molecular flexibility index (Phi) is 2.37. The number of benzene rings is 2. The SMILES string of the molecule is O=[C]Nc1ccc(Cl)c2ccccc12. The molecule has 0 aromatic heterocycles. The lowest BCUT2D eigenvalue weighted by atomic mass is 10.1.